The number of fused-ring (bicyclic) bond motifs is 1. The van der Waals surface area contributed by atoms with Gasteiger partial charge >= 0.3 is 0 Å². The number of rotatable bonds is 11. The third-order valence-electron chi connectivity index (χ3n) is 7.49. The maximum atomic E-state index is 13.9. The minimum atomic E-state index is -0.941. The van der Waals surface area contributed by atoms with Gasteiger partial charge in [-0.05, 0) is 68.0 Å². The molecule has 0 bridgehead atoms. The minimum Gasteiger partial charge on any atom is -0.497 e. The molecule has 1 fully saturated rings. The van der Waals surface area contributed by atoms with Crippen LogP contribution >= 0.6 is 11.8 Å². The molecule has 1 atom stereocenters. The van der Waals surface area contributed by atoms with Gasteiger partial charge in [0.15, 0.2) is 0 Å². The third-order valence-corrected chi connectivity index (χ3v) is 8.56. The maximum absolute atomic E-state index is 13.9. The highest BCUT2D eigenvalue weighted by Crippen LogP contribution is 2.40. The van der Waals surface area contributed by atoms with Crippen molar-refractivity contribution in [3.8, 4) is 5.75 Å². The summed E-state index contributed by atoms with van der Waals surface area (Å²) >= 11 is 1.01. The first-order chi connectivity index (χ1) is 18.3. The van der Waals surface area contributed by atoms with Crippen molar-refractivity contribution in [2.24, 2.45) is 5.41 Å². The number of hydrogen-bond acceptors (Lipinski definition) is 6. The zero-order chi connectivity index (χ0) is 27.3. The highest BCUT2D eigenvalue weighted by atomic mass is 32.2. The average Bonchev–Trinajstić information content (AvgIpc) is 2.92. The highest BCUT2D eigenvalue weighted by Gasteiger charge is 2.34. The molecule has 2 N–H and O–H groups in total. The molecule has 0 spiro atoms. The number of aliphatic hydroxyl groups excluding tert-OH is 2. The molecule has 0 saturated carbocycles. The fourth-order valence-electron chi connectivity index (χ4n) is 5.13. The lowest BCUT2D eigenvalue weighted by molar-refractivity contribution is 0.0253. The first-order valence-corrected chi connectivity index (χ1v) is 13.6. The van der Waals surface area contributed by atoms with E-state index in [1.54, 1.807) is 25.3 Å². The summed E-state index contributed by atoms with van der Waals surface area (Å²) < 4.78 is 60.0. The van der Waals surface area contributed by atoms with Crippen LogP contribution in [0.1, 0.15) is 42.9 Å². The Morgan fingerprint density at radius 3 is 2.47 bits per heavy atom. The van der Waals surface area contributed by atoms with Crippen molar-refractivity contribution in [2.45, 2.75) is 43.4 Å². The van der Waals surface area contributed by atoms with E-state index in [1.807, 2.05) is 0 Å². The zero-order valence-electron chi connectivity index (χ0n) is 21.2. The van der Waals surface area contributed by atoms with Gasteiger partial charge in [-0.2, -0.15) is 0 Å². The molecule has 38 heavy (non-hydrogen) atoms. The van der Waals surface area contributed by atoms with Gasteiger partial charge in [0.1, 0.15) is 29.9 Å². The van der Waals surface area contributed by atoms with Crippen molar-refractivity contribution >= 4 is 22.7 Å². The summed E-state index contributed by atoms with van der Waals surface area (Å²) in [5, 5.41) is 22.1. The molecule has 1 unspecified atom stereocenters. The van der Waals surface area contributed by atoms with Crippen molar-refractivity contribution in [3.63, 3.8) is 0 Å². The van der Waals surface area contributed by atoms with E-state index in [4.69, 9.17) is 4.74 Å². The SMILES string of the molecule is COc1ccc2ncc(CF)c(C(O)CCC3(CO)CCN(CCSc4c(F)cc(F)cc4F)CC3)c2c1. The smallest absolute Gasteiger partial charge is 0.142 e. The molecule has 0 amide bonds. The van der Waals surface area contributed by atoms with E-state index in [1.165, 1.54) is 6.20 Å². The molecular formula is C28H32F4N2O3S. The Hall–Kier alpha value is -2.40. The second-order valence-electron chi connectivity index (χ2n) is 9.82. The fraction of sp³-hybridized carbons (Fsp3) is 0.464. The van der Waals surface area contributed by atoms with Crippen LogP contribution in [0.15, 0.2) is 41.4 Å². The first kappa shape index (κ1) is 28.6. The standard InChI is InChI=1S/C28H32F4N2O3S/c1-37-20-2-3-24-21(14-20)26(18(15-29)16-33-24)25(36)4-5-28(17-35)6-8-34(9-7-28)10-11-38-27-22(31)12-19(30)13-23(27)32/h2-3,12-14,16,25,35-36H,4-11,15,17H2,1H3. The van der Waals surface area contributed by atoms with Crippen LogP contribution in [0.5, 0.6) is 5.75 Å². The Labute approximate surface area is 223 Å². The number of hydrogen-bond donors (Lipinski definition) is 2. The monoisotopic (exact) mass is 552 g/mol. The van der Waals surface area contributed by atoms with Gasteiger partial charge in [0.25, 0.3) is 0 Å². The van der Waals surface area contributed by atoms with E-state index in [0.29, 0.717) is 91.0 Å². The van der Waals surface area contributed by atoms with Gasteiger partial charge in [0.05, 0.1) is 23.6 Å². The topological polar surface area (TPSA) is 65.8 Å². The second-order valence-corrected chi connectivity index (χ2v) is 10.9. The van der Waals surface area contributed by atoms with Crippen LogP contribution in [-0.4, -0.2) is 59.2 Å². The van der Waals surface area contributed by atoms with Crippen LogP contribution in [0.4, 0.5) is 17.6 Å². The Morgan fingerprint density at radius 2 is 1.84 bits per heavy atom. The average molecular weight is 553 g/mol. The van der Waals surface area contributed by atoms with Gasteiger partial charge in [-0.15, -0.1) is 11.8 Å². The molecule has 2 aromatic carbocycles. The number of pyridine rings is 1. The molecule has 1 saturated heterocycles. The molecule has 2 heterocycles. The van der Waals surface area contributed by atoms with Crippen LogP contribution in [0.2, 0.25) is 0 Å². The molecule has 206 valence electrons. The van der Waals surface area contributed by atoms with E-state index in [0.717, 1.165) is 11.8 Å². The molecule has 1 aliphatic heterocycles. The number of ether oxygens (including phenoxy) is 1. The number of thioether (sulfide) groups is 1. The quantitative estimate of drug-likeness (QED) is 0.231. The van der Waals surface area contributed by atoms with Crippen molar-refractivity contribution < 1.29 is 32.5 Å². The van der Waals surface area contributed by atoms with Gasteiger partial charge < -0.3 is 19.8 Å². The predicted molar refractivity (Wildman–Crippen MR) is 140 cm³/mol. The molecule has 1 aliphatic rings. The van der Waals surface area contributed by atoms with E-state index >= 15 is 0 Å². The Kier molecular flexibility index (Phi) is 9.51. The fourth-order valence-corrected chi connectivity index (χ4v) is 6.08. The van der Waals surface area contributed by atoms with Crippen molar-refractivity contribution in [2.75, 3.05) is 39.1 Å². The number of alkyl halides is 1. The summed E-state index contributed by atoms with van der Waals surface area (Å²) in [7, 11) is 1.54. The highest BCUT2D eigenvalue weighted by molar-refractivity contribution is 7.99. The molecule has 5 nitrogen and oxygen atoms in total. The van der Waals surface area contributed by atoms with Gasteiger partial charge in [0.2, 0.25) is 0 Å². The van der Waals surface area contributed by atoms with E-state index in [9.17, 15) is 27.8 Å². The van der Waals surface area contributed by atoms with Crippen LogP contribution in [0.3, 0.4) is 0 Å². The van der Waals surface area contributed by atoms with Gasteiger partial charge in [-0.3, -0.25) is 4.98 Å². The second kappa shape index (κ2) is 12.6. The normalized spacial score (nSPS) is 16.6. The summed E-state index contributed by atoms with van der Waals surface area (Å²) in [5.74, 6) is -1.72. The molecule has 0 aliphatic carbocycles. The molecule has 0 radical (unpaired) electrons. The van der Waals surface area contributed by atoms with Crippen molar-refractivity contribution in [3.05, 3.63) is 65.1 Å². The summed E-state index contributed by atoms with van der Waals surface area (Å²) in [6.07, 6.45) is 2.82. The Balaban J connectivity index is 1.35. The van der Waals surface area contributed by atoms with Crippen LogP contribution in [-0.2, 0) is 6.67 Å². The largest absolute Gasteiger partial charge is 0.497 e. The van der Waals surface area contributed by atoms with Gasteiger partial charge in [-0.1, -0.05) is 0 Å². The van der Waals surface area contributed by atoms with Crippen molar-refractivity contribution in [1.82, 2.24) is 9.88 Å². The number of piperidine rings is 1. The summed E-state index contributed by atoms with van der Waals surface area (Å²) in [4.78, 5) is 6.29. The third kappa shape index (κ3) is 6.42. The number of aromatic nitrogens is 1. The lowest BCUT2D eigenvalue weighted by atomic mass is 9.74. The van der Waals surface area contributed by atoms with Gasteiger partial charge in [-0.25, -0.2) is 17.6 Å². The van der Waals surface area contributed by atoms with Crippen LogP contribution in [0, 0.1) is 22.9 Å². The van der Waals surface area contributed by atoms with Gasteiger partial charge in [0, 0.05) is 48.2 Å². The Bertz CT molecular complexity index is 1230. The molecule has 4 rings (SSSR count). The Morgan fingerprint density at radius 1 is 1.13 bits per heavy atom. The number of methoxy groups -OCH3 is 1. The van der Waals surface area contributed by atoms with Crippen LogP contribution < -0.4 is 4.74 Å². The molecular weight excluding hydrogens is 520 g/mol. The first-order valence-electron chi connectivity index (χ1n) is 12.6. The number of aliphatic hydroxyl groups is 2. The summed E-state index contributed by atoms with van der Waals surface area (Å²) in [6.45, 7) is 1.19. The lowest BCUT2D eigenvalue weighted by Gasteiger charge is -2.41. The number of likely N-dealkylation sites (tertiary alicyclic amines) is 1. The number of benzene rings is 2. The van der Waals surface area contributed by atoms with E-state index in [2.05, 4.69) is 9.88 Å². The molecule has 3 aromatic rings. The van der Waals surface area contributed by atoms with Crippen LogP contribution in [0.25, 0.3) is 10.9 Å². The van der Waals surface area contributed by atoms with E-state index < -0.39 is 30.2 Å². The number of halogens is 4. The minimum absolute atomic E-state index is 0.0325. The summed E-state index contributed by atoms with van der Waals surface area (Å²) in [6, 6.07) is 6.65. The van der Waals surface area contributed by atoms with Crippen molar-refractivity contribution in [1.29, 1.82) is 0 Å². The van der Waals surface area contributed by atoms with E-state index in [-0.39, 0.29) is 16.9 Å². The maximum Gasteiger partial charge on any atom is 0.142 e. The number of nitrogens with zero attached hydrogens (tertiary/aromatic N) is 2. The zero-order valence-corrected chi connectivity index (χ0v) is 22.0. The summed E-state index contributed by atoms with van der Waals surface area (Å²) in [5.41, 5.74) is 1.09. The molecule has 1 aromatic heterocycles. The lowest BCUT2D eigenvalue weighted by Crippen LogP contribution is -2.43. The predicted octanol–water partition coefficient (Wildman–Crippen LogP) is 5.81. The molecule has 10 heteroatoms.